The first-order chi connectivity index (χ1) is 11.2. The molecule has 0 bridgehead atoms. The van der Waals surface area contributed by atoms with E-state index in [0.717, 1.165) is 31.8 Å². The van der Waals surface area contributed by atoms with E-state index in [2.05, 4.69) is 14.5 Å². The van der Waals surface area contributed by atoms with Crippen molar-refractivity contribution in [2.75, 3.05) is 33.2 Å². The molecule has 0 aromatic heterocycles. The molecule has 24 heavy (non-hydrogen) atoms. The summed E-state index contributed by atoms with van der Waals surface area (Å²) in [6.45, 7) is 3.13. The van der Waals surface area contributed by atoms with Crippen LogP contribution < -0.4 is 4.72 Å². The summed E-state index contributed by atoms with van der Waals surface area (Å²) in [5.41, 5.74) is -1.13. The van der Waals surface area contributed by atoms with Gasteiger partial charge in [-0.05, 0) is 25.6 Å². The Kier molecular flexibility index (Phi) is 4.63. The molecule has 1 N–H and O–H groups in total. The van der Waals surface area contributed by atoms with Crippen LogP contribution in [0.1, 0.15) is 12.0 Å². The van der Waals surface area contributed by atoms with Gasteiger partial charge in [-0.25, -0.2) is 13.1 Å². The van der Waals surface area contributed by atoms with Gasteiger partial charge in [0, 0.05) is 38.3 Å². The molecule has 0 radical (unpaired) electrons. The third-order valence-corrected chi connectivity index (χ3v) is 6.20. The van der Waals surface area contributed by atoms with E-state index in [1.807, 2.05) is 7.05 Å². The van der Waals surface area contributed by atoms with Crippen LogP contribution in [0.2, 0.25) is 0 Å². The molecule has 0 spiro atoms. The predicted molar refractivity (Wildman–Crippen MR) is 83.0 cm³/mol. The summed E-state index contributed by atoms with van der Waals surface area (Å²) in [4.78, 5) is 3.67. The largest absolute Gasteiger partial charge is 0.417 e. The van der Waals surface area contributed by atoms with E-state index in [9.17, 15) is 21.6 Å². The van der Waals surface area contributed by atoms with Crippen molar-refractivity contribution in [1.29, 1.82) is 0 Å². The summed E-state index contributed by atoms with van der Waals surface area (Å²) in [5.74, 6) is 0. The first-order valence-corrected chi connectivity index (χ1v) is 9.26. The van der Waals surface area contributed by atoms with Crippen LogP contribution in [-0.4, -0.2) is 63.5 Å². The molecular weight excluding hydrogens is 343 g/mol. The lowest BCUT2D eigenvalue weighted by atomic mass is 10.1. The number of benzene rings is 1. The summed E-state index contributed by atoms with van der Waals surface area (Å²) >= 11 is 0. The van der Waals surface area contributed by atoms with E-state index in [1.165, 1.54) is 12.1 Å². The molecule has 2 saturated heterocycles. The maximum Gasteiger partial charge on any atom is 0.417 e. The molecule has 2 aliphatic heterocycles. The molecule has 2 atom stereocenters. The molecule has 0 saturated carbocycles. The number of rotatable bonds is 3. The molecule has 0 unspecified atom stereocenters. The Morgan fingerprint density at radius 3 is 2.58 bits per heavy atom. The molecule has 2 fully saturated rings. The van der Waals surface area contributed by atoms with Gasteiger partial charge in [0.25, 0.3) is 0 Å². The monoisotopic (exact) mass is 363 g/mol. The maximum absolute atomic E-state index is 13.1. The fourth-order valence-electron chi connectivity index (χ4n) is 3.50. The second-order valence-corrected chi connectivity index (χ2v) is 8.14. The Morgan fingerprint density at radius 1 is 1.17 bits per heavy atom. The third kappa shape index (κ3) is 3.58. The van der Waals surface area contributed by atoms with Crippen molar-refractivity contribution in [3.63, 3.8) is 0 Å². The lowest BCUT2D eigenvalue weighted by Gasteiger charge is -2.35. The second kappa shape index (κ2) is 6.29. The van der Waals surface area contributed by atoms with Gasteiger partial charge < -0.3 is 4.90 Å². The van der Waals surface area contributed by atoms with Crippen LogP contribution in [0.15, 0.2) is 29.2 Å². The van der Waals surface area contributed by atoms with Crippen LogP contribution in [0, 0.1) is 0 Å². The number of halogens is 3. The summed E-state index contributed by atoms with van der Waals surface area (Å²) in [6.07, 6.45) is -4.10. The van der Waals surface area contributed by atoms with Crippen molar-refractivity contribution >= 4 is 10.0 Å². The van der Waals surface area contributed by atoms with Crippen LogP contribution in [-0.2, 0) is 16.2 Å². The first-order valence-electron chi connectivity index (χ1n) is 7.78. The molecular formula is C15H20F3N3O2S. The highest BCUT2D eigenvalue weighted by Crippen LogP contribution is 2.34. The lowest BCUT2D eigenvalue weighted by molar-refractivity contribution is -0.139. The summed E-state index contributed by atoms with van der Waals surface area (Å²) in [6, 6.07) is 4.16. The number of sulfonamides is 1. The Hall–Kier alpha value is -1.16. The van der Waals surface area contributed by atoms with E-state index in [4.69, 9.17) is 0 Å². The molecule has 1 aromatic carbocycles. The summed E-state index contributed by atoms with van der Waals surface area (Å²) in [5, 5.41) is 0. The van der Waals surface area contributed by atoms with Crippen LogP contribution in [0.5, 0.6) is 0 Å². The zero-order chi connectivity index (χ0) is 17.5. The van der Waals surface area contributed by atoms with Crippen LogP contribution in [0.25, 0.3) is 0 Å². The number of fused-ring (bicyclic) bond motifs is 1. The van der Waals surface area contributed by atoms with Crippen molar-refractivity contribution in [1.82, 2.24) is 14.5 Å². The maximum atomic E-state index is 13.1. The van der Waals surface area contributed by atoms with E-state index < -0.39 is 26.7 Å². The van der Waals surface area contributed by atoms with Crippen LogP contribution >= 0.6 is 0 Å². The molecule has 5 nitrogen and oxygen atoms in total. The second-order valence-electron chi connectivity index (χ2n) is 6.46. The first kappa shape index (κ1) is 17.7. The highest BCUT2D eigenvalue weighted by Gasteiger charge is 2.40. The predicted octanol–water partition coefficient (Wildman–Crippen LogP) is 1.37. The van der Waals surface area contributed by atoms with Gasteiger partial charge in [-0.2, -0.15) is 13.2 Å². The third-order valence-electron chi connectivity index (χ3n) is 4.62. The molecule has 3 rings (SSSR count). The number of hydrogen-bond acceptors (Lipinski definition) is 4. The average Bonchev–Trinajstić information content (AvgIpc) is 2.87. The van der Waals surface area contributed by atoms with E-state index in [1.54, 1.807) is 0 Å². The number of alkyl halides is 3. The van der Waals surface area contributed by atoms with Gasteiger partial charge in [-0.3, -0.25) is 4.90 Å². The van der Waals surface area contributed by atoms with Crippen molar-refractivity contribution in [2.45, 2.75) is 29.6 Å². The normalized spacial score (nSPS) is 26.5. The molecule has 134 valence electrons. The van der Waals surface area contributed by atoms with Crippen molar-refractivity contribution in [3.8, 4) is 0 Å². The van der Waals surface area contributed by atoms with Gasteiger partial charge in [0.05, 0.1) is 10.5 Å². The van der Waals surface area contributed by atoms with E-state index >= 15 is 0 Å². The minimum atomic E-state index is -4.71. The molecule has 9 heteroatoms. The standard InChI is InChI=1S/C15H20F3N3O2S/c1-20-6-7-21-9-11(8-12(21)10-20)19-24(22,23)14-5-3-2-4-13(14)15(16,17)18/h2-5,11-12,19H,6-10H2,1H3/t11-,12-/m0/s1. The quantitative estimate of drug-likeness (QED) is 0.882. The van der Waals surface area contributed by atoms with Crippen LogP contribution in [0.3, 0.4) is 0 Å². The average molecular weight is 363 g/mol. The van der Waals surface area contributed by atoms with Crippen LogP contribution in [0.4, 0.5) is 13.2 Å². The zero-order valence-corrected chi connectivity index (χ0v) is 14.1. The van der Waals surface area contributed by atoms with Gasteiger partial charge in [-0.15, -0.1) is 0 Å². The highest BCUT2D eigenvalue weighted by atomic mass is 32.2. The smallest absolute Gasteiger partial charge is 0.304 e. The molecule has 1 aromatic rings. The number of likely N-dealkylation sites (N-methyl/N-ethyl adjacent to an activating group) is 1. The number of piperazine rings is 1. The Balaban J connectivity index is 1.78. The fraction of sp³-hybridized carbons (Fsp3) is 0.600. The summed E-state index contributed by atoms with van der Waals surface area (Å²) in [7, 11) is -2.22. The van der Waals surface area contributed by atoms with Crippen molar-refractivity contribution in [2.24, 2.45) is 0 Å². The topological polar surface area (TPSA) is 52.6 Å². The van der Waals surface area contributed by atoms with E-state index in [0.29, 0.717) is 13.0 Å². The SMILES string of the molecule is CN1CCN2C[C@@H](NS(=O)(=O)c3ccccc3C(F)(F)F)C[C@H]2C1. The minimum Gasteiger partial charge on any atom is -0.304 e. The Labute approximate surface area is 139 Å². The number of hydrogen-bond donors (Lipinski definition) is 1. The molecule has 2 heterocycles. The molecule has 0 aliphatic carbocycles. The van der Waals surface area contributed by atoms with Gasteiger partial charge >= 0.3 is 6.18 Å². The summed E-state index contributed by atoms with van der Waals surface area (Å²) < 4.78 is 66.7. The Morgan fingerprint density at radius 2 is 1.88 bits per heavy atom. The Bertz CT molecular complexity index is 708. The minimum absolute atomic E-state index is 0.245. The molecule has 2 aliphatic rings. The van der Waals surface area contributed by atoms with Gasteiger partial charge in [0.1, 0.15) is 0 Å². The lowest BCUT2D eigenvalue weighted by Crippen LogP contribution is -2.48. The van der Waals surface area contributed by atoms with E-state index in [-0.39, 0.29) is 12.1 Å². The highest BCUT2D eigenvalue weighted by molar-refractivity contribution is 7.89. The van der Waals surface area contributed by atoms with Crippen molar-refractivity contribution in [3.05, 3.63) is 29.8 Å². The van der Waals surface area contributed by atoms with Gasteiger partial charge in [0.15, 0.2) is 0 Å². The van der Waals surface area contributed by atoms with Gasteiger partial charge in [0.2, 0.25) is 10.0 Å². The number of nitrogens with zero attached hydrogens (tertiary/aromatic N) is 2. The molecule has 0 amide bonds. The number of nitrogens with one attached hydrogen (secondary N) is 1. The fourth-order valence-corrected chi connectivity index (χ4v) is 4.97. The van der Waals surface area contributed by atoms with Crippen molar-refractivity contribution < 1.29 is 21.6 Å². The van der Waals surface area contributed by atoms with Gasteiger partial charge in [-0.1, -0.05) is 12.1 Å². The zero-order valence-electron chi connectivity index (χ0n) is 13.3.